The highest BCUT2D eigenvalue weighted by atomic mass is 19.1. The molecule has 2 rings (SSSR count). The van der Waals surface area contributed by atoms with E-state index in [1.54, 1.807) is 24.3 Å². The molecule has 1 nitrogen and oxygen atoms in total. The zero-order valence-electron chi connectivity index (χ0n) is 11.0. The van der Waals surface area contributed by atoms with Crippen molar-refractivity contribution in [3.8, 4) is 11.5 Å². The van der Waals surface area contributed by atoms with Crippen molar-refractivity contribution < 1.29 is 13.5 Å². The molecule has 0 saturated heterocycles. The van der Waals surface area contributed by atoms with E-state index in [9.17, 15) is 8.78 Å². The normalized spacial score (nSPS) is 12.2. The van der Waals surface area contributed by atoms with Gasteiger partial charge in [-0.15, -0.1) is 0 Å². The number of ether oxygens (including phenoxy) is 1. The Hall–Kier alpha value is -1.90. The van der Waals surface area contributed by atoms with Gasteiger partial charge >= 0.3 is 0 Å². The maximum absolute atomic E-state index is 13.9. The molecule has 1 atom stereocenters. The highest BCUT2D eigenvalue weighted by molar-refractivity contribution is 5.36. The van der Waals surface area contributed by atoms with E-state index in [2.05, 4.69) is 0 Å². The van der Waals surface area contributed by atoms with Crippen molar-refractivity contribution in [1.82, 2.24) is 0 Å². The minimum Gasteiger partial charge on any atom is -0.451 e. The molecule has 1 unspecified atom stereocenters. The van der Waals surface area contributed by atoms with E-state index in [-0.39, 0.29) is 11.7 Å². The van der Waals surface area contributed by atoms with E-state index >= 15 is 0 Å². The zero-order chi connectivity index (χ0) is 13.8. The van der Waals surface area contributed by atoms with Gasteiger partial charge in [0.15, 0.2) is 17.4 Å². The molecule has 0 fully saturated rings. The molecular formula is C16H16F2O. The third-order valence-electron chi connectivity index (χ3n) is 3.17. The summed E-state index contributed by atoms with van der Waals surface area (Å²) in [6.45, 7) is 3.92. The quantitative estimate of drug-likeness (QED) is 0.729. The van der Waals surface area contributed by atoms with Gasteiger partial charge in [-0.1, -0.05) is 32.0 Å². The molecule has 0 heterocycles. The van der Waals surface area contributed by atoms with Crippen LogP contribution in [0, 0.1) is 11.6 Å². The third-order valence-corrected chi connectivity index (χ3v) is 3.17. The second kappa shape index (κ2) is 5.83. The van der Waals surface area contributed by atoms with E-state index in [4.69, 9.17) is 4.74 Å². The van der Waals surface area contributed by atoms with Crippen LogP contribution in [0.2, 0.25) is 0 Å². The summed E-state index contributed by atoms with van der Waals surface area (Å²) < 4.78 is 33.1. The summed E-state index contributed by atoms with van der Waals surface area (Å²) in [4.78, 5) is 0. The van der Waals surface area contributed by atoms with E-state index in [0.717, 1.165) is 6.42 Å². The zero-order valence-corrected chi connectivity index (χ0v) is 11.0. The minimum absolute atomic E-state index is 0.120. The monoisotopic (exact) mass is 262 g/mol. The molecule has 0 aliphatic carbocycles. The van der Waals surface area contributed by atoms with Crippen LogP contribution in [0.15, 0.2) is 42.5 Å². The highest BCUT2D eigenvalue weighted by Crippen LogP contribution is 2.31. The molecule has 100 valence electrons. The number of halogens is 2. The van der Waals surface area contributed by atoms with Gasteiger partial charge in [0.05, 0.1) is 0 Å². The Morgan fingerprint density at radius 2 is 1.63 bits per heavy atom. The lowest BCUT2D eigenvalue weighted by atomic mass is 9.98. The molecule has 19 heavy (non-hydrogen) atoms. The molecule has 2 aromatic carbocycles. The molecular weight excluding hydrogens is 246 g/mol. The fourth-order valence-electron chi connectivity index (χ4n) is 1.80. The van der Waals surface area contributed by atoms with Gasteiger partial charge in [-0.2, -0.15) is 0 Å². The van der Waals surface area contributed by atoms with Crippen LogP contribution in [0.3, 0.4) is 0 Å². The van der Waals surface area contributed by atoms with E-state index in [1.165, 1.54) is 12.1 Å². The Bertz CT molecular complexity index is 529. The Morgan fingerprint density at radius 1 is 1.05 bits per heavy atom. The molecule has 0 N–H and O–H groups in total. The van der Waals surface area contributed by atoms with Crippen LogP contribution in [-0.2, 0) is 0 Å². The smallest absolute Gasteiger partial charge is 0.198 e. The van der Waals surface area contributed by atoms with Crippen molar-refractivity contribution in [3.63, 3.8) is 0 Å². The Morgan fingerprint density at radius 3 is 2.16 bits per heavy atom. The predicted octanol–water partition coefficient (Wildman–Crippen LogP) is 5.27. The van der Waals surface area contributed by atoms with Gasteiger partial charge in [-0.05, 0) is 42.2 Å². The van der Waals surface area contributed by atoms with Crippen LogP contribution in [0.5, 0.6) is 11.5 Å². The number of para-hydroxylation sites is 1. The van der Waals surface area contributed by atoms with Crippen LogP contribution >= 0.6 is 0 Å². The second-order valence-electron chi connectivity index (χ2n) is 4.54. The first-order valence-electron chi connectivity index (χ1n) is 6.33. The number of hydrogen-bond donors (Lipinski definition) is 0. The summed E-state index contributed by atoms with van der Waals surface area (Å²) >= 11 is 0. The first kappa shape index (κ1) is 13.5. The summed E-state index contributed by atoms with van der Waals surface area (Å²) in [6.07, 6.45) is 0.831. The summed E-state index contributed by atoms with van der Waals surface area (Å²) in [5.74, 6) is -1.15. The first-order valence-corrected chi connectivity index (χ1v) is 6.33. The van der Waals surface area contributed by atoms with Crippen molar-refractivity contribution in [2.75, 3.05) is 0 Å². The maximum Gasteiger partial charge on any atom is 0.198 e. The van der Waals surface area contributed by atoms with Gasteiger partial charge in [-0.3, -0.25) is 0 Å². The average Bonchev–Trinajstić information content (AvgIpc) is 2.43. The lowest BCUT2D eigenvalue weighted by Crippen LogP contribution is -1.98. The van der Waals surface area contributed by atoms with E-state index in [1.807, 2.05) is 19.9 Å². The SMILES string of the molecule is CCC(C)c1cc(F)c(Oc2ccccc2)c(F)c1. The van der Waals surface area contributed by atoms with Crippen LogP contribution in [0.25, 0.3) is 0 Å². The summed E-state index contributed by atoms with van der Waals surface area (Å²) in [7, 11) is 0. The van der Waals surface area contributed by atoms with Crippen LogP contribution in [-0.4, -0.2) is 0 Å². The summed E-state index contributed by atoms with van der Waals surface area (Å²) in [6, 6.07) is 11.3. The topological polar surface area (TPSA) is 9.23 Å². The van der Waals surface area contributed by atoms with Gasteiger partial charge in [-0.25, -0.2) is 8.78 Å². The number of benzene rings is 2. The second-order valence-corrected chi connectivity index (χ2v) is 4.54. The minimum atomic E-state index is -0.667. The van der Waals surface area contributed by atoms with Gasteiger partial charge in [0.2, 0.25) is 0 Å². The lowest BCUT2D eigenvalue weighted by molar-refractivity contribution is 0.405. The van der Waals surface area contributed by atoms with Crippen LogP contribution in [0.1, 0.15) is 31.7 Å². The van der Waals surface area contributed by atoms with Crippen LogP contribution in [0.4, 0.5) is 8.78 Å². The first-order chi connectivity index (χ1) is 9.11. The Labute approximate surface area is 111 Å². The molecule has 0 aliphatic heterocycles. The Balaban J connectivity index is 2.32. The van der Waals surface area contributed by atoms with Gasteiger partial charge in [0, 0.05) is 0 Å². The van der Waals surface area contributed by atoms with Crippen molar-refractivity contribution in [1.29, 1.82) is 0 Å². The summed E-state index contributed by atoms with van der Waals surface area (Å²) in [5.41, 5.74) is 0.651. The fourth-order valence-corrected chi connectivity index (χ4v) is 1.80. The highest BCUT2D eigenvalue weighted by Gasteiger charge is 2.15. The van der Waals surface area contributed by atoms with Crippen molar-refractivity contribution >= 4 is 0 Å². The standard InChI is InChI=1S/C16H16F2O/c1-3-11(2)12-9-14(17)16(15(18)10-12)19-13-7-5-4-6-8-13/h4-11H,3H2,1-2H3. The molecule has 0 radical (unpaired) electrons. The molecule has 0 spiro atoms. The molecule has 0 aromatic heterocycles. The van der Waals surface area contributed by atoms with E-state index in [0.29, 0.717) is 11.3 Å². The molecule has 0 aliphatic rings. The molecule has 0 saturated carbocycles. The number of rotatable bonds is 4. The van der Waals surface area contributed by atoms with Gasteiger partial charge in [0.1, 0.15) is 5.75 Å². The van der Waals surface area contributed by atoms with Gasteiger partial charge in [0.25, 0.3) is 0 Å². The molecule has 3 heteroatoms. The van der Waals surface area contributed by atoms with Crippen LogP contribution < -0.4 is 4.74 Å². The lowest BCUT2D eigenvalue weighted by Gasteiger charge is -2.13. The summed E-state index contributed by atoms with van der Waals surface area (Å²) in [5, 5.41) is 0. The van der Waals surface area contributed by atoms with Crippen molar-refractivity contribution in [2.24, 2.45) is 0 Å². The van der Waals surface area contributed by atoms with Crippen molar-refractivity contribution in [2.45, 2.75) is 26.2 Å². The van der Waals surface area contributed by atoms with E-state index < -0.39 is 11.6 Å². The average molecular weight is 262 g/mol. The third kappa shape index (κ3) is 3.11. The van der Waals surface area contributed by atoms with Crippen molar-refractivity contribution in [3.05, 3.63) is 59.7 Å². The predicted molar refractivity (Wildman–Crippen MR) is 71.6 cm³/mol. The fraction of sp³-hybridized carbons (Fsp3) is 0.250. The largest absolute Gasteiger partial charge is 0.451 e. The van der Waals surface area contributed by atoms with Gasteiger partial charge < -0.3 is 4.74 Å². The molecule has 0 amide bonds. The maximum atomic E-state index is 13.9. The Kier molecular flexibility index (Phi) is 4.15. The molecule has 2 aromatic rings. The molecule has 0 bridgehead atoms. The number of hydrogen-bond acceptors (Lipinski definition) is 1.